The van der Waals surface area contributed by atoms with Crippen LogP contribution in [-0.4, -0.2) is 32.6 Å². The van der Waals surface area contributed by atoms with Crippen molar-refractivity contribution in [2.45, 2.75) is 12.6 Å². The van der Waals surface area contributed by atoms with Gasteiger partial charge in [0.05, 0.1) is 30.3 Å². The number of pyridine rings is 1. The molecule has 4 aromatic rings. The monoisotopic (exact) mass is 458 g/mol. The number of imidazole rings is 1. The molecule has 0 bridgehead atoms. The zero-order valence-electron chi connectivity index (χ0n) is 16.3. The van der Waals surface area contributed by atoms with Gasteiger partial charge in [0.15, 0.2) is 11.3 Å². The number of rotatable bonds is 3. The van der Waals surface area contributed by atoms with Crippen molar-refractivity contribution >= 4 is 28.9 Å². The van der Waals surface area contributed by atoms with E-state index in [0.29, 0.717) is 17.7 Å². The first kappa shape index (κ1) is 20.3. The number of carbonyl (C=O) groups excluding carboxylic acids is 1. The Bertz CT molecular complexity index is 1350. The van der Waals surface area contributed by atoms with E-state index < -0.39 is 23.3 Å². The normalized spacial score (nSPS) is 14.2. The Morgan fingerprint density at radius 3 is 2.56 bits per heavy atom. The molecule has 0 spiro atoms. The van der Waals surface area contributed by atoms with Crippen molar-refractivity contribution in [2.24, 2.45) is 5.10 Å². The fourth-order valence-corrected chi connectivity index (χ4v) is 3.86. The zero-order valence-corrected chi connectivity index (χ0v) is 17.1. The summed E-state index contributed by atoms with van der Waals surface area (Å²) < 4.78 is 47.4. The lowest BCUT2D eigenvalue weighted by Gasteiger charge is -2.10. The summed E-state index contributed by atoms with van der Waals surface area (Å²) in [6.45, 7) is 0.277. The summed E-state index contributed by atoms with van der Waals surface area (Å²) in [5.41, 5.74) is 0.482. The maximum Gasteiger partial charge on any atom is 0.420 e. The number of hydrogen-bond donors (Lipinski definition) is 0. The van der Waals surface area contributed by atoms with E-state index in [1.54, 1.807) is 0 Å². The molecule has 1 amide bonds. The van der Waals surface area contributed by atoms with Crippen LogP contribution in [0.4, 0.5) is 13.2 Å². The largest absolute Gasteiger partial charge is 0.472 e. The average molecular weight is 459 g/mol. The molecule has 1 aliphatic rings. The van der Waals surface area contributed by atoms with Crippen molar-refractivity contribution in [3.8, 4) is 11.1 Å². The van der Waals surface area contributed by atoms with E-state index >= 15 is 0 Å². The number of hydrogen-bond acceptors (Lipinski definition) is 4. The molecule has 0 saturated carbocycles. The first-order valence-corrected chi connectivity index (χ1v) is 9.97. The van der Waals surface area contributed by atoms with E-state index in [2.05, 4.69) is 10.1 Å². The van der Waals surface area contributed by atoms with E-state index in [1.807, 2.05) is 30.3 Å². The summed E-state index contributed by atoms with van der Waals surface area (Å²) in [7, 11) is 0. The minimum atomic E-state index is -4.71. The minimum Gasteiger partial charge on any atom is -0.472 e. The SMILES string of the molecule is O=C(c1nc2c(C(F)(F)F)cc(-c3ccoc3)cn2c1Cl)N1CCC(c2ccccc2)=N1. The molecule has 6 nitrogen and oxygen atoms in total. The second kappa shape index (κ2) is 7.52. The number of furan rings is 1. The van der Waals surface area contributed by atoms with Gasteiger partial charge >= 0.3 is 6.18 Å². The molecule has 162 valence electrons. The van der Waals surface area contributed by atoms with Crippen LogP contribution in [0.15, 0.2) is 70.7 Å². The molecule has 0 aliphatic carbocycles. The van der Waals surface area contributed by atoms with Gasteiger partial charge in [-0.2, -0.15) is 18.3 Å². The number of nitrogens with zero attached hydrogens (tertiary/aromatic N) is 4. The summed E-state index contributed by atoms with van der Waals surface area (Å²) in [5.74, 6) is -0.664. The lowest BCUT2D eigenvalue weighted by Crippen LogP contribution is -2.24. The predicted octanol–water partition coefficient (Wildman–Crippen LogP) is 5.52. The number of aromatic nitrogens is 2. The Balaban J connectivity index is 1.59. The van der Waals surface area contributed by atoms with Gasteiger partial charge in [0.25, 0.3) is 5.91 Å². The molecule has 0 N–H and O–H groups in total. The summed E-state index contributed by atoms with van der Waals surface area (Å²) >= 11 is 6.35. The number of benzene rings is 1. The highest BCUT2D eigenvalue weighted by Crippen LogP contribution is 2.37. The van der Waals surface area contributed by atoms with Crippen LogP contribution in [0.25, 0.3) is 16.8 Å². The lowest BCUT2D eigenvalue weighted by molar-refractivity contribution is -0.136. The summed E-state index contributed by atoms with van der Waals surface area (Å²) in [5, 5.41) is 5.30. The fraction of sp³-hybridized carbons (Fsp3) is 0.136. The number of carbonyl (C=O) groups is 1. The van der Waals surface area contributed by atoms with Gasteiger partial charge in [-0.25, -0.2) is 9.99 Å². The highest BCUT2D eigenvalue weighted by Gasteiger charge is 2.37. The van der Waals surface area contributed by atoms with Crippen LogP contribution in [0.1, 0.15) is 28.0 Å². The fourth-order valence-electron chi connectivity index (χ4n) is 3.61. The number of amides is 1. The Kier molecular flexibility index (Phi) is 4.78. The van der Waals surface area contributed by atoms with E-state index in [1.165, 1.54) is 29.8 Å². The highest BCUT2D eigenvalue weighted by molar-refractivity contribution is 6.33. The van der Waals surface area contributed by atoms with E-state index in [0.717, 1.165) is 16.0 Å². The number of halogens is 4. The molecular formula is C22H14ClF3N4O2. The molecule has 4 heterocycles. The summed E-state index contributed by atoms with van der Waals surface area (Å²) in [6, 6.07) is 11.8. The lowest BCUT2D eigenvalue weighted by atomic mass is 10.1. The molecule has 10 heteroatoms. The first-order chi connectivity index (χ1) is 15.3. The Labute approximate surface area is 184 Å². The van der Waals surface area contributed by atoms with Gasteiger partial charge in [-0.05, 0) is 17.7 Å². The molecule has 1 aliphatic heterocycles. The molecule has 0 fully saturated rings. The maximum atomic E-state index is 13.8. The molecule has 0 atom stereocenters. The second-order valence-corrected chi connectivity index (χ2v) is 7.55. The van der Waals surface area contributed by atoms with E-state index in [-0.39, 0.29) is 23.0 Å². The molecule has 5 rings (SSSR count). The third-order valence-electron chi connectivity index (χ3n) is 5.17. The highest BCUT2D eigenvalue weighted by atomic mass is 35.5. The van der Waals surface area contributed by atoms with Crippen LogP contribution in [-0.2, 0) is 6.18 Å². The quantitative estimate of drug-likeness (QED) is 0.406. The van der Waals surface area contributed by atoms with Gasteiger partial charge in [0.1, 0.15) is 5.15 Å². The Hall–Kier alpha value is -3.59. The number of fused-ring (bicyclic) bond motifs is 1. The summed E-state index contributed by atoms with van der Waals surface area (Å²) in [6.07, 6.45) is -0.124. The van der Waals surface area contributed by atoms with Crippen LogP contribution in [0.5, 0.6) is 0 Å². The van der Waals surface area contributed by atoms with Gasteiger partial charge in [-0.3, -0.25) is 9.20 Å². The molecule has 0 saturated heterocycles. The minimum absolute atomic E-state index is 0.218. The second-order valence-electron chi connectivity index (χ2n) is 7.19. The van der Waals surface area contributed by atoms with E-state index in [4.69, 9.17) is 16.0 Å². The van der Waals surface area contributed by atoms with Crippen molar-refractivity contribution in [1.82, 2.24) is 14.4 Å². The average Bonchev–Trinajstić information content (AvgIpc) is 3.53. The first-order valence-electron chi connectivity index (χ1n) is 9.59. The van der Waals surface area contributed by atoms with Crippen LogP contribution in [0.2, 0.25) is 5.15 Å². The van der Waals surface area contributed by atoms with Crippen molar-refractivity contribution < 1.29 is 22.4 Å². The molecule has 0 unspecified atom stereocenters. The molecular weight excluding hydrogens is 445 g/mol. The molecule has 32 heavy (non-hydrogen) atoms. The molecule has 0 radical (unpaired) electrons. The molecule has 3 aromatic heterocycles. The van der Waals surface area contributed by atoms with Gasteiger partial charge in [-0.15, -0.1) is 0 Å². The standard InChI is InChI=1S/C22H14ClF3N4O2/c23-19-18(21(31)30-8-6-17(28-30)13-4-2-1-3-5-13)27-20-16(22(24,25)26)10-15(11-29(19)20)14-7-9-32-12-14/h1-5,7,9-12H,6,8H2. The Morgan fingerprint density at radius 2 is 1.88 bits per heavy atom. The third kappa shape index (κ3) is 3.44. The Morgan fingerprint density at radius 1 is 1.09 bits per heavy atom. The predicted molar refractivity (Wildman–Crippen MR) is 112 cm³/mol. The zero-order chi connectivity index (χ0) is 22.5. The van der Waals surface area contributed by atoms with Gasteiger partial charge in [-0.1, -0.05) is 41.9 Å². The van der Waals surface area contributed by atoms with Crippen LogP contribution in [0.3, 0.4) is 0 Å². The van der Waals surface area contributed by atoms with E-state index in [9.17, 15) is 18.0 Å². The van der Waals surface area contributed by atoms with Crippen molar-refractivity contribution in [3.63, 3.8) is 0 Å². The third-order valence-corrected chi connectivity index (χ3v) is 5.53. The van der Waals surface area contributed by atoms with Crippen LogP contribution in [0, 0.1) is 0 Å². The van der Waals surface area contributed by atoms with Crippen molar-refractivity contribution in [1.29, 1.82) is 0 Å². The maximum absolute atomic E-state index is 13.8. The summed E-state index contributed by atoms with van der Waals surface area (Å²) in [4.78, 5) is 17.0. The van der Waals surface area contributed by atoms with Gasteiger partial charge in [0, 0.05) is 23.7 Å². The van der Waals surface area contributed by atoms with Crippen LogP contribution < -0.4 is 0 Å². The number of hydrazone groups is 1. The molecule has 1 aromatic carbocycles. The van der Waals surface area contributed by atoms with Gasteiger partial charge < -0.3 is 4.42 Å². The van der Waals surface area contributed by atoms with Crippen molar-refractivity contribution in [2.75, 3.05) is 6.54 Å². The van der Waals surface area contributed by atoms with Crippen molar-refractivity contribution in [3.05, 3.63) is 83.2 Å². The number of alkyl halides is 3. The smallest absolute Gasteiger partial charge is 0.420 e. The topological polar surface area (TPSA) is 63.1 Å². The van der Waals surface area contributed by atoms with Gasteiger partial charge in [0.2, 0.25) is 0 Å². The van der Waals surface area contributed by atoms with Crippen LogP contribution >= 0.6 is 11.6 Å².